The van der Waals surface area contributed by atoms with Crippen molar-refractivity contribution < 1.29 is 8.78 Å². The molecule has 0 atom stereocenters. The van der Waals surface area contributed by atoms with Gasteiger partial charge in [-0.15, -0.1) is 0 Å². The Hall–Kier alpha value is -1.56. The van der Waals surface area contributed by atoms with Crippen LogP contribution in [0.25, 0.3) is 11.3 Å². The number of aromatic nitrogens is 2. The fraction of sp³-hybridized carbons (Fsp3) is 0.167. The van der Waals surface area contributed by atoms with Crippen LogP contribution in [0.1, 0.15) is 5.82 Å². The number of hydrogen-bond acceptors (Lipinski definition) is 3. The molecular formula is C12H10BrF2N3. The van der Waals surface area contributed by atoms with E-state index in [0.717, 1.165) is 0 Å². The molecule has 0 saturated carbocycles. The molecular weight excluding hydrogens is 304 g/mol. The minimum Gasteiger partial charge on any atom is -0.373 e. The van der Waals surface area contributed by atoms with Crippen molar-refractivity contribution in [1.29, 1.82) is 0 Å². The van der Waals surface area contributed by atoms with Crippen molar-refractivity contribution in [2.45, 2.75) is 6.92 Å². The second-order valence-corrected chi connectivity index (χ2v) is 4.51. The minimum atomic E-state index is -0.671. The van der Waals surface area contributed by atoms with Crippen molar-refractivity contribution in [2.24, 2.45) is 0 Å². The van der Waals surface area contributed by atoms with Crippen LogP contribution in [0.3, 0.4) is 0 Å². The van der Waals surface area contributed by atoms with Gasteiger partial charge in [0.1, 0.15) is 23.3 Å². The van der Waals surface area contributed by atoms with E-state index in [4.69, 9.17) is 0 Å². The van der Waals surface area contributed by atoms with E-state index in [2.05, 4.69) is 31.2 Å². The zero-order chi connectivity index (χ0) is 13.3. The maximum Gasteiger partial charge on any atom is 0.149 e. The number of anilines is 1. The Morgan fingerprint density at radius 1 is 1.22 bits per heavy atom. The van der Waals surface area contributed by atoms with E-state index in [9.17, 15) is 8.78 Å². The van der Waals surface area contributed by atoms with Gasteiger partial charge in [0, 0.05) is 13.1 Å². The van der Waals surface area contributed by atoms with Crippen molar-refractivity contribution in [1.82, 2.24) is 9.97 Å². The number of halogens is 3. The van der Waals surface area contributed by atoms with E-state index < -0.39 is 11.6 Å². The SMILES string of the molecule is CNc1cc(-c2c(F)ccc(Br)c2F)nc(C)n1. The van der Waals surface area contributed by atoms with Gasteiger partial charge >= 0.3 is 0 Å². The van der Waals surface area contributed by atoms with Gasteiger partial charge in [0.05, 0.1) is 15.7 Å². The Morgan fingerprint density at radius 2 is 1.94 bits per heavy atom. The van der Waals surface area contributed by atoms with Gasteiger partial charge in [0.2, 0.25) is 0 Å². The molecule has 0 aliphatic heterocycles. The highest BCUT2D eigenvalue weighted by Crippen LogP contribution is 2.30. The molecule has 2 aromatic rings. The van der Waals surface area contributed by atoms with Gasteiger partial charge < -0.3 is 5.32 Å². The van der Waals surface area contributed by atoms with E-state index in [1.165, 1.54) is 18.2 Å². The van der Waals surface area contributed by atoms with Crippen LogP contribution in [0.15, 0.2) is 22.7 Å². The Labute approximate surface area is 111 Å². The van der Waals surface area contributed by atoms with E-state index in [-0.39, 0.29) is 15.7 Å². The standard InChI is InChI=1S/C12H10BrF2N3/c1-6-17-9(5-10(16-2)18-6)11-8(14)4-3-7(13)12(11)15/h3-5H,1-2H3,(H,16,17,18). The van der Waals surface area contributed by atoms with E-state index in [1.54, 1.807) is 14.0 Å². The highest BCUT2D eigenvalue weighted by molar-refractivity contribution is 9.10. The molecule has 1 aromatic carbocycles. The third kappa shape index (κ3) is 2.33. The van der Waals surface area contributed by atoms with Crippen molar-refractivity contribution in [3.8, 4) is 11.3 Å². The number of nitrogens with zero attached hydrogens (tertiary/aromatic N) is 2. The smallest absolute Gasteiger partial charge is 0.149 e. The van der Waals surface area contributed by atoms with Gasteiger partial charge in [-0.3, -0.25) is 0 Å². The Balaban J connectivity index is 2.69. The fourth-order valence-electron chi connectivity index (χ4n) is 1.59. The summed E-state index contributed by atoms with van der Waals surface area (Å²) >= 11 is 3.03. The van der Waals surface area contributed by atoms with Crippen LogP contribution in [0.5, 0.6) is 0 Å². The molecule has 0 saturated heterocycles. The first-order valence-corrected chi connectivity index (χ1v) is 5.99. The molecule has 0 fully saturated rings. The predicted molar refractivity (Wildman–Crippen MR) is 69.4 cm³/mol. The monoisotopic (exact) mass is 313 g/mol. The minimum absolute atomic E-state index is 0.161. The van der Waals surface area contributed by atoms with Gasteiger partial charge in [0.25, 0.3) is 0 Å². The van der Waals surface area contributed by atoms with E-state index in [1.807, 2.05) is 0 Å². The van der Waals surface area contributed by atoms with Crippen molar-refractivity contribution in [2.75, 3.05) is 12.4 Å². The zero-order valence-corrected chi connectivity index (χ0v) is 11.3. The molecule has 1 heterocycles. The van der Waals surface area contributed by atoms with Crippen LogP contribution in [0, 0.1) is 18.6 Å². The Bertz CT molecular complexity index is 602. The first kappa shape index (κ1) is 12.9. The average molecular weight is 314 g/mol. The van der Waals surface area contributed by atoms with Crippen LogP contribution in [0.4, 0.5) is 14.6 Å². The summed E-state index contributed by atoms with van der Waals surface area (Å²) in [4.78, 5) is 8.14. The maximum absolute atomic E-state index is 13.9. The first-order chi connectivity index (χ1) is 8.52. The largest absolute Gasteiger partial charge is 0.373 e. The highest BCUT2D eigenvalue weighted by atomic mass is 79.9. The topological polar surface area (TPSA) is 37.8 Å². The lowest BCUT2D eigenvalue weighted by Gasteiger charge is -2.08. The van der Waals surface area contributed by atoms with Crippen LogP contribution < -0.4 is 5.32 Å². The summed E-state index contributed by atoms with van der Waals surface area (Å²) in [5.74, 6) is -0.377. The molecule has 18 heavy (non-hydrogen) atoms. The molecule has 0 amide bonds. The van der Waals surface area contributed by atoms with Gasteiger partial charge in [-0.1, -0.05) is 0 Å². The summed E-state index contributed by atoms with van der Waals surface area (Å²) in [7, 11) is 1.68. The lowest BCUT2D eigenvalue weighted by atomic mass is 10.1. The third-order valence-electron chi connectivity index (χ3n) is 2.39. The average Bonchev–Trinajstić information content (AvgIpc) is 2.34. The summed E-state index contributed by atoms with van der Waals surface area (Å²) in [5, 5.41) is 2.82. The predicted octanol–water partition coefficient (Wildman–Crippen LogP) is 3.53. The summed E-state index contributed by atoms with van der Waals surface area (Å²) in [6, 6.07) is 4.01. The lowest BCUT2D eigenvalue weighted by Crippen LogP contribution is -2.01. The van der Waals surface area contributed by atoms with Gasteiger partial charge in [0.15, 0.2) is 0 Å². The van der Waals surface area contributed by atoms with Gasteiger partial charge in [-0.05, 0) is 35.0 Å². The number of benzene rings is 1. The molecule has 2 rings (SSSR count). The lowest BCUT2D eigenvalue weighted by molar-refractivity contribution is 0.584. The van der Waals surface area contributed by atoms with Crippen LogP contribution >= 0.6 is 15.9 Å². The molecule has 0 bridgehead atoms. The van der Waals surface area contributed by atoms with Crippen LogP contribution in [-0.4, -0.2) is 17.0 Å². The van der Waals surface area contributed by atoms with Crippen molar-refractivity contribution in [3.63, 3.8) is 0 Å². The van der Waals surface area contributed by atoms with Crippen LogP contribution in [-0.2, 0) is 0 Å². The molecule has 94 valence electrons. The number of nitrogens with one attached hydrogen (secondary N) is 1. The zero-order valence-electron chi connectivity index (χ0n) is 9.76. The molecule has 3 nitrogen and oxygen atoms in total. The summed E-state index contributed by atoms with van der Waals surface area (Å²) in [6.07, 6.45) is 0. The second-order valence-electron chi connectivity index (χ2n) is 3.65. The molecule has 1 N–H and O–H groups in total. The summed E-state index contributed by atoms with van der Waals surface area (Å²) in [5.41, 5.74) is 0.0505. The maximum atomic E-state index is 13.9. The van der Waals surface area contributed by atoms with Gasteiger partial charge in [-0.2, -0.15) is 0 Å². The van der Waals surface area contributed by atoms with Crippen molar-refractivity contribution in [3.05, 3.63) is 40.1 Å². The summed E-state index contributed by atoms with van der Waals surface area (Å²) < 4.78 is 27.9. The highest BCUT2D eigenvalue weighted by Gasteiger charge is 2.16. The van der Waals surface area contributed by atoms with Crippen LogP contribution in [0.2, 0.25) is 0 Å². The molecule has 6 heteroatoms. The van der Waals surface area contributed by atoms with E-state index >= 15 is 0 Å². The molecule has 0 aliphatic rings. The third-order valence-corrected chi connectivity index (χ3v) is 3.01. The first-order valence-electron chi connectivity index (χ1n) is 5.20. The summed E-state index contributed by atoms with van der Waals surface area (Å²) in [6.45, 7) is 1.66. The van der Waals surface area contributed by atoms with Gasteiger partial charge in [-0.25, -0.2) is 18.7 Å². The molecule has 0 spiro atoms. The molecule has 0 aliphatic carbocycles. The fourth-order valence-corrected chi connectivity index (χ4v) is 1.92. The number of hydrogen-bond donors (Lipinski definition) is 1. The molecule has 0 radical (unpaired) electrons. The number of aryl methyl sites for hydroxylation is 1. The van der Waals surface area contributed by atoms with Crippen molar-refractivity contribution >= 4 is 21.7 Å². The molecule has 0 unspecified atom stereocenters. The normalized spacial score (nSPS) is 10.5. The quantitative estimate of drug-likeness (QED) is 0.862. The number of rotatable bonds is 2. The second kappa shape index (κ2) is 4.97. The van der Waals surface area contributed by atoms with E-state index in [0.29, 0.717) is 11.6 Å². The molecule has 1 aromatic heterocycles. The Kier molecular flexibility index (Phi) is 3.56. The Morgan fingerprint density at radius 3 is 2.61 bits per heavy atom.